The normalized spacial score (nSPS) is 10.7. The molecule has 0 atom stereocenters. The fraction of sp³-hybridized carbons (Fsp3) is 0.429. The highest BCUT2D eigenvalue weighted by atomic mass is 16.5. The number of ether oxygens (including phenoxy) is 1. The molecule has 1 heterocycles. The maximum atomic E-state index is 12.7. The Bertz CT molecular complexity index is 821. The number of H-pyrrole nitrogens is 1. The van der Waals surface area contributed by atoms with Gasteiger partial charge in [0.1, 0.15) is 5.75 Å². The Morgan fingerprint density at radius 2 is 1.81 bits per heavy atom. The summed E-state index contributed by atoms with van der Waals surface area (Å²) in [6.07, 6.45) is 0.734. The number of Topliss-reactive ketones (excluding diaryl/α,β-unsaturated/α-hetero) is 1. The number of aromatic nitrogens is 1. The number of carbonyl (C=O) groups is 2. The first kappa shape index (κ1) is 19.8. The van der Waals surface area contributed by atoms with Crippen molar-refractivity contribution in [3.05, 3.63) is 51.8 Å². The van der Waals surface area contributed by atoms with Crippen molar-refractivity contribution >= 4 is 11.7 Å². The van der Waals surface area contributed by atoms with Crippen molar-refractivity contribution in [2.45, 2.75) is 41.0 Å². The lowest BCUT2D eigenvalue weighted by atomic mass is 10.1. The number of benzene rings is 1. The molecular weight excluding hydrogens is 328 g/mol. The van der Waals surface area contributed by atoms with Crippen molar-refractivity contribution < 1.29 is 14.3 Å². The molecule has 0 unspecified atom stereocenters. The summed E-state index contributed by atoms with van der Waals surface area (Å²) in [7, 11) is 1.78. The predicted molar refractivity (Wildman–Crippen MR) is 103 cm³/mol. The van der Waals surface area contributed by atoms with Gasteiger partial charge in [-0.1, -0.05) is 12.1 Å². The molecule has 0 fully saturated rings. The van der Waals surface area contributed by atoms with E-state index in [9.17, 15) is 9.59 Å². The minimum absolute atomic E-state index is 0.0609. The van der Waals surface area contributed by atoms with Crippen LogP contribution in [0.15, 0.2) is 18.2 Å². The number of hydrogen-bond acceptors (Lipinski definition) is 3. The third-order valence-electron chi connectivity index (χ3n) is 4.80. The van der Waals surface area contributed by atoms with Crippen molar-refractivity contribution in [1.82, 2.24) is 9.88 Å². The second kappa shape index (κ2) is 8.21. The summed E-state index contributed by atoms with van der Waals surface area (Å²) in [5, 5.41) is 0. The Morgan fingerprint density at radius 3 is 2.42 bits per heavy atom. The number of aryl methyl sites for hydroxylation is 2. The number of nitrogens with one attached hydrogen (secondary N) is 1. The van der Waals surface area contributed by atoms with Gasteiger partial charge >= 0.3 is 0 Å². The summed E-state index contributed by atoms with van der Waals surface area (Å²) in [4.78, 5) is 29.1. The van der Waals surface area contributed by atoms with Crippen molar-refractivity contribution in [2.24, 2.45) is 0 Å². The molecular formula is C21H28N2O3. The zero-order valence-electron chi connectivity index (χ0n) is 16.5. The first-order chi connectivity index (χ1) is 12.2. The van der Waals surface area contributed by atoms with Crippen molar-refractivity contribution in [1.29, 1.82) is 0 Å². The highest BCUT2D eigenvalue weighted by Crippen LogP contribution is 2.21. The van der Waals surface area contributed by atoms with Crippen LogP contribution in [0.4, 0.5) is 0 Å². The van der Waals surface area contributed by atoms with E-state index in [4.69, 9.17) is 4.74 Å². The van der Waals surface area contributed by atoms with Crippen LogP contribution in [-0.4, -0.2) is 41.8 Å². The van der Waals surface area contributed by atoms with Crippen LogP contribution in [0, 0.1) is 27.7 Å². The standard InChI is InChI=1S/C21H28N2O3/c1-13-9-7-10-18(14(13)2)26-12-8-11-23(6)21(25)19-15(3)20(17(5)24)22-16(19)4/h7,9-10,22H,8,11-12H2,1-6H3. The zero-order valence-corrected chi connectivity index (χ0v) is 16.5. The minimum Gasteiger partial charge on any atom is -0.493 e. The molecule has 26 heavy (non-hydrogen) atoms. The van der Waals surface area contributed by atoms with Crippen LogP contribution >= 0.6 is 0 Å². The lowest BCUT2D eigenvalue weighted by molar-refractivity contribution is 0.0786. The van der Waals surface area contributed by atoms with E-state index >= 15 is 0 Å². The molecule has 0 bridgehead atoms. The lowest BCUT2D eigenvalue weighted by Crippen LogP contribution is -2.29. The molecule has 0 radical (unpaired) electrons. The third kappa shape index (κ3) is 4.15. The molecule has 0 saturated heterocycles. The fourth-order valence-electron chi connectivity index (χ4n) is 3.08. The number of hydrogen-bond donors (Lipinski definition) is 1. The van der Waals surface area contributed by atoms with Crippen LogP contribution in [0.25, 0.3) is 0 Å². The van der Waals surface area contributed by atoms with Gasteiger partial charge in [0.25, 0.3) is 5.91 Å². The number of aromatic amines is 1. The molecule has 0 saturated carbocycles. The number of amides is 1. The van der Waals surface area contributed by atoms with Crippen LogP contribution in [0.3, 0.4) is 0 Å². The Morgan fingerprint density at radius 1 is 1.12 bits per heavy atom. The quantitative estimate of drug-likeness (QED) is 0.603. The van der Waals surface area contributed by atoms with E-state index in [1.165, 1.54) is 12.5 Å². The second-order valence-corrected chi connectivity index (χ2v) is 6.81. The largest absolute Gasteiger partial charge is 0.493 e. The maximum absolute atomic E-state index is 12.7. The van der Waals surface area contributed by atoms with E-state index in [-0.39, 0.29) is 11.7 Å². The molecule has 1 aromatic heterocycles. The van der Waals surface area contributed by atoms with Crippen LogP contribution in [0.2, 0.25) is 0 Å². The summed E-state index contributed by atoms with van der Waals surface area (Å²) in [5.74, 6) is 0.757. The van der Waals surface area contributed by atoms with E-state index in [0.717, 1.165) is 29.0 Å². The van der Waals surface area contributed by atoms with E-state index in [1.807, 2.05) is 32.9 Å². The highest BCUT2D eigenvalue weighted by molar-refractivity contribution is 6.02. The van der Waals surface area contributed by atoms with Gasteiger partial charge in [0.2, 0.25) is 0 Å². The summed E-state index contributed by atoms with van der Waals surface area (Å²) < 4.78 is 5.85. The Hall–Kier alpha value is -2.56. The van der Waals surface area contributed by atoms with E-state index in [0.29, 0.717) is 24.4 Å². The third-order valence-corrected chi connectivity index (χ3v) is 4.80. The maximum Gasteiger partial charge on any atom is 0.255 e. The van der Waals surface area contributed by atoms with Crippen molar-refractivity contribution in [2.75, 3.05) is 20.2 Å². The highest BCUT2D eigenvalue weighted by Gasteiger charge is 2.22. The molecule has 2 rings (SSSR count). The van der Waals surface area contributed by atoms with Gasteiger partial charge in [0.05, 0.1) is 17.9 Å². The molecule has 5 heteroatoms. The average Bonchev–Trinajstić information content (AvgIpc) is 2.89. The monoisotopic (exact) mass is 356 g/mol. The fourth-order valence-corrected chi connectivity index (χ4v) is 3.08. The molecule has 0 aliphatic carbocycles. The van der Waals surface area contributed by atoms with Crippen LogP contribution in [0.1, 0.15) is 56.6 Å². The Labute approximate surface area is 155 Å². The van der Waals surface area contributed by atoms with Crippen LogP contribution in [-0.2, 0) is 0 Å². The Balaban J connectivity index is 1.94. The van der Waals surface area contributed by atoms with Crippen LogP contribution < -0.4 is 4.74 Å². The van der Waals surface area contributed by atoms with Gasteiger partial charge in [-0.15, -0.1) is 0 Å². The van der Waals surface area contributed by atoms with Gasteiger partial charge < -0.3 is 14.6 Å². The average molecular weight is 356 g/mol. The molecule has 1 N–H and O–H groups in total. The van der Waals surface area contributed by atoms with Gasteiger partial charge in [-0.05, 0) is 56.9 Å². The molecule has 140 valence electrons. The SMILES string of the molecule is CC(=O)c1[nH]c(C)c(C(=O)N(C)CCCOc2cccc(C)c2C)c1C. The van der Waals surface area contributed by atoms with Gasteiger partial charge in [-0.25, -0.2) is 0 Å². The zero-order chi connectivity index (χ0) is 19.4. The van der Waals surface area contributed by atoms with E-state index in [2.05, 4.69) is 18.0 Å². The van der Waals surface area contributed by atoms with Gasteiger partial charge in [-0.2, -0.15) is 0 Å². The van der Waals surface area contributed by atoms with E-state index < -0.39 is 0 Å². The number of ketones is 1. The van der Waals surface area contributed by atoms with Crippen molar-refractivity contribution in [3.63, 3.8) is 0 Å². The smallest absolute Gasteiger partial charge is 0.255 e. The van der Waals surface area contributed by atoms with Gasteiger partial charge in [-0.3, -0.25) is 9.59 Å². The molecule has 5 nitrogen and oxygen atoms in total. The number of nitrogens with zero attached hydrogens (tertiary/aromatic N) is 1. The molecule has 1 amide bonds. The first-order valence-corrected chi connectivity index (χ1v) is 8.88. The molecule has 1 aromatic carbocycles. The van der Waals surface area contributed by atoms with Gasteiger partial charge in [0.15, 0.2) is 5.78 Å². The topological polar surface area (TPSA) is 62.4 Å². The Kier molecular flexibility index (Phi) is 6.24. The van der Waals surface area contributed by atoms with Crippen molar-refractivity contribution in [3.8, 4) is 5.75 Å². The van der Waals surface area contributed by atoms with Gasteiger partial charge in [0, 0.05) is 26.2 Å². The molecule has 0 aliphatic heterocycles. The lowest BCUT2D eigenvalue weighted by Gasteiger charge is -2.18. The second-order valence-electron chi connectivity index (χ2n) is 6.81. The number of carbonyl (C=O) groups excluding carboxylic acids is 2. The van der Waals surface area contributed by atoms with Crippen LogP contribution in [0.5, 0.6) is 5.75 Å². The minimum atomic E-state index is -0.0736. The molecule has 0 spiro atoms. The predicted octanol–water partition coefficient (Wildman–Crippen LogP) is 3.99. The molecule has 0 aliphatic rings. The van der Waals surface area contributed by atoms with E-state index in [1.54, 1.807) is 11.9 Å². The number of rotatable bonds is 7. The summed E-state index contributed by atoms with van der Waals surface area (Å²) in [5.41, 5.74) is 4.90. The first-order valence-electron chi connectivity index (χ1n) is 8.88. The molecule has 2 aromatic rings. The summed E-state index contributed by atoms with van der Waals surface area (Å²) in [6.45, 7) is 10.4. The summed E-state index contributed by atoms with van der Waals surface area (Å²) in [6, 6.07) is 6.01. The summed E-state index contributed by atoms with van der Waals surface area (Å²) >= 11 is 0.